The lowest BCUT2D eigenvalue weighted by atomic mass is 10.1. The normalized spacial score (nSPS) is 17.9. The molecule has 6 nitrogen and oxygen atoms in total. The highest BCUT2D eigenvalue weighted by molar-refractivity contribution is 7.90. The van der Waals surface area contributed by atoms with Crippen LogP contribution in [0.1, 0.15) is 24.6 Å². The Morgan fingerprint density at radius 2 is 2.17 bits per heavy atom. The average molecular weight is 348 g/mol. The van der Waals surface area contributed by atoms with Gasteiger partial charge in [-0.25, -0.2) is 8.42 Å². The van der Waals surface area contributed by atoms with E-state index >= 15 is 0 Å². The van der Waals surface area contributed by atoms with Gasteiger partial charge in [-0.05, 0) is 43.2 Å². The topological polar surface area (TPSA) is 79.5 Å². The van der Waals surface area contributed by atoms with Gasteiger partial charge in [0.05, 0.1) is 10.9 Å². The number of H-pyrrole nitrogens is 1. The number of nitrogens with one attached hydrogen (secondary N) is 1. The molecule has 1 amide bonds. The highest BCUT2D eigenvalue weighted by Crippen LogP contribution is 2.31. The van der Waals surface area contributed by atoms with E-state index in [0.717, 1.165) is 24.8 Å². The largest absolute Gasteiger partial charge is 0.484 e. The summed E-state index contributed by atoms with van der Waals surface area (Å²) in [6.45, 7) is 0.597. The summed E-state index contributed by atoms with van der Waals surface area (Å²) >= 11 is 0. The minimum atomic E-state index is -3.30. The third-order valence-corrected chi connectivity index (χ3v) is 5.26. The standard InChI is InChI=1S/C17H20N2O4S/c1-24(21,22)14-6-2-5-13(11-14)23-12-17(20)19-10-4-8-16(19)15-7-3-9-18-15/h2-3,5-7,9,11,16,18H,4,8,10,12H2,1H3. The monoisotopic (exact) mass is 348 g/mol. The number of hydrogen-bond acceptors (Lipinski definition) is 4. The Labute approximate surface area is 141 Å². The molecule has 0 saturated carbocycles. The molecular weight excluding hydrogens is 328 g/mol. The summed E-state index contributed by atoms with van der Waals surface area (Å²) < 4.78 is 28.7. The summed E-state index contributed by atoms with van der Waals surface area (Å²) in [5.74, 6) is 0.277. The van der Waals surface area contributed by atoms with Crippen molar-refractivity contribution < 1.29 is 17.9 Å². The van der Waals surface area contributed by atoms with Crippen molar-refractivity contribution in [1.29, 1.82) is 0 Å². The van der Waals surface area contributed by atoms with Crippen LogP contribution >= 0.6 is 0 Å². The first kappa shape index (κ1) is 16.6. The molecule has 1 saturated heterocycles. The maximum absolute atomic E-state index is 12.5. The number of carbonyl (C=O) groups excluding carboxylic acids is 1. The van der Waals surface area contributed by atoms with Crippen molar-refractivity contribution in [1.82, 2.24) is 9.88 Å². The Morgan fingerprint density at radius 3 is 2.88 bits per heavy atom. The van der Waals surface area contributed by atoms with E-state index in [-0.39, 0.29) is 23.5 Å². The molecule has 1 aliphatic heterocycles. The predicted molar refractivity (Wildman–Crippen MR) is 89.5 cm³/mol. The van der Waals surface area contributed by atoms with Crippen molar-refractivity contribution in [3.8, 4) is 5.75 Å². The molecule has 2 heterocycles. The maximum Gasteiger partial charge on any atom is 0.261 e. The molecule has 0 aliphatic carbocycles. The number of carbonyl (C=O) groups is 1. The van der Waals surface area contributed by atoms with Crippen molar-refractivity contribution in [3.63, 3.8) is 0 Å². The number of hydrogen-bond donors (Lipinski definition) is 1. The van der Waals surface area contributed by atoms with Gasteiger partial charge >= 0.3 is 0 Å². The molecule has 7 heteroatoms. The molecule has 128 valence electrons. The SMILES string of the molecule is CS(=O)(=O)c1cccc(OCC(=O)N2CCCC2c2ccc[nH]2)c1. The van der Waals surface area contributed by atoms with E-state index < -0.39 is 9.84 Å². The first-order valence-electron chi connectivity index (χ1n) is 7.81. The lowest BCUT2D eigenvalue weighted by Gasteiger charge is -2.24. The fourth-order valence-electron chi connectivity index (χ4n) is 2.96. The summed E-state index contributed by atoms with van der Waals surface area (Å²) in [6.07, 6.45) is 4.88. The summed E-state index contributed by atoms with van der Waals surface area (Å²) in [5, 5.41) is 0. The minimum Gasteiger partial charge on any atom is -0.484 e. The Morgan fingerprint density at radius 1 is 1.33 bits per heavy atom. The van der Waals surface area contributed by atoms with Gasteiger partial charge < -0.3 is 14.6 Å². The van der Waals surface area contributed by atoms with Gasteiger partial charge in [0.2, 0.25) is 0 Å². The number of nitrogens with zero attached hydrogens (tertiary/aromatic N) is 1. The van der Waals surface area contributed by atoms with Gasteiger partial charge in [-0.2, -0.15) is 0 Å². The zero-order valence-corrected chi connectivity index (χ0v) is 14.3. The van der Waals surface area contributed by atoms with Crippen LogP contribution in [-0.2, 0) is 14.6 Å². The van der Waals surface area contributed by atoms with Gasteiger partial charge in [0.1, 0.15) is 5.75 Å². The van der Waals surface area contributed by atoms with Crippen LogP contribution in [-0.4, -0.2) is 43.6 Å². The molecule has 1 aromatic heterocycles. The second-order valence-electron chi connectivity index (χ2n) is 5.91. The zero-order chi connectivity index (χ0) is 17.2. The lowest BCUT2D eigenvalue weighted by Crippen LogP contribution is -2.34. The molecule has 3 rings (SSSR count). The molecule has 1 fully saturated rings. The summed E-state index contributed by atoms with van der Waals surface area (Å²) in [5.41, 5.74) is 1.03. The zero-order valence-electron chi connectivity index (χ0n) is 13.4. The maximum atomic E-state index is 12.5. The molecule has 0 radical (unpaired) electrons. The van der Waals surface area contributed by atoms with Crippen molar-refractivity contribution in [2.45, 2.75) is 23.8 Å². The first-order valence-corrected chi connectivity index (χ1v) is 9.70. The van der Waals surface area contributed by atoms with E-state index in [0.29, 0.717) is 12.3 Å². The predicted octanol–water partition coefficient (Wildman–Crippen LogP) is 2.16. The fourth-order valence-corrected chi connectivity index (χ4v) is 3.62. The van der Waals surface area contributed by atoms with Gasteiger partial charge in [-0.3, -0.25) is 4.79 Å². The number of likely N-dealkylation sites (tertiary alicyclic amines) is 1. The molecular formula is C17H20N2O4S. The molecule has 1 aliphatic rings. The van der Waals surface area contributed by atoms with Crippen LogP contribution in [0.15, 0.2) is 47.5 Å². The average Bonchev–Trinajstić information content (AvgIpc) is 3.22. The van der Waals surface area contributed by atoms with Crippen LogP contribution in [0.3, 0.4) is 0 Å². The summed E-state index contributed by atoms with van der Waals surface area (Å²) in [6, 6.07) is 10.2. The number of aromatic amines is 1. The number of ether oxygens (including phenoxy) is 1. The smallest absolute Gasteiger partial charge is 0.261 e. The molecule has 0 bridgehead atoms. The highest BCUT2D eigenvalue weighted by Gasteiger charge is 2.30. The number of benzene rings is 1. The van der Waals surface area contributed by atoms with Crippen LogP contribution in [0.4, 0.5) is 0 Å². The molecule has 1 aromatic carbocycles. The van der Waals surface area contributed by atoms with Gasteiger partial charge in [0, 0.05) is 24.7 Å². The van der Waals surface area contributed by atoms with Crippen LogP contribution in [0.2, 0.25) is 0 Å². The van der Waals surface area contributed by atoms with Gasteiger partial charge in [0.15, 0.2) is 16.4 Å². The lowest BCUT2D eigenvalue weighted by molar-refractivity contribution is -0.134. The molecule has 2 aromatic rings. The molecule has 1 N–H and O–H groups in total. The minimum absolute atomic E-state index is 0.0541. The van der Waals surface area contributed by atoms with Crippen molar-refractivity contribution in [3.05, 3.63) is 48.3 Å². The molecule has 24 heavy (non-hydrogen) atoms. The third-order valence-electron chi connectivity index (χ3n) is 4.15. The fraction of sp³-hybridized carbons (Fsp3) is 0.353. The Bertz CT molecular complexity index is 815. The number of rotatable bonds is 5. The number of amides is 1. The summed E-state index contributed by atoms with van der Waals surface area (Å²) in [4.78, 5) is 17.6. The Kier molecular flexibility index (Phi) is 4.62. The second kappa shape index (κ2) is 6.68. The van der Waals surface area contributed by atoms with E-state index in [2.05, 4.69) is 4.98 Å². The quantitative estimate of drug-likeness (QED) is 0.898. The number of aromatic nitrogens is 1. The Balaban J connectivity index is 1.65. The van der Waals surface area contributed by atoms with Gasteiger partial charge in [-0.1, -0.05) is 6.07 Å². The first-order chi connectivity index (χ1) is 11.4. The molecule has 1 atom stereocenters. The van der Waals surface area contributed by atoms with Crippen molar-refractivity contribution >= 4 is 15.7 Å². The molecule has 0 spiro atoms. The third kappa shape index (κ3) is 3.62. The van der Waals surface area contributed by atoms with Crippen LogP contribution < -0.4 is 4.74 Å². The van der Waals surface area contributed by atoms with Gasteiger partial charge in [0.25, 0.3) is 5.91 Å². The van der Waals surface area contributed by atoms with E-state index in [9.17, 15) is 13.2 Å². The van der Waals surface area contributed by atoms with Crippen LogP contribution in [0.25, 0.3) is 0 Å². The summed E-state index contributed by atoms with van der Waals surface area (Å²) in [7, 11) is -3.30. The van der Waals surface area contributed by atoms with Crippen LogP contribution in [0.5, 0.6) is 5.75 Å². The van der Waals surface area contributed by atoms with E-state index in [1.807, 2.05) is 23.2 Å². The van der Waals surface area contributed by atoms with E-state index in [1.54, 1.807) is 12.1 Å². The second-order valence-corrected chi connectivity index (χ2v) is 7.92. The molecule has 1 unspecified atom stereocenters. The van der Waals surface area contributed by atoms with Gasteiger partial charge in [-0.15, -0.1) is 0 Å². The van der Waals surface area contributed by atoms with Crippen molar-refractivity contribution in [2.24, 2.45) is 0 Å². The van der Waals surface area contributed by atoms with Crippen molar-refractivity contribution in [2.75, 3.05) is 19.4 Å². The van der Waals surface area contributed by atoms with E-state index in [4.69, 9.17) is 4.74 Å². The Hall–Kier alpha value is -2.28. The highest BCUT2D eigenvalue weighted by atomic mass is 32.2. The van der Waals surface area contributed by atoms with Crippen LogP contribution in [0, 0.1) is 0 Å². The number of sulfone groups is 1. The van der Waals surface area contributed by atoms with E-state index in [1.165, 1.54) is 12.1 Å².